The molecule has 7 heteroatoms. The molecule has 4 rings (SSSR count). The molecular formula is C23H13Cl3O4. The van der Waals surface area contributed by atoms with Gasteiger partial charge in [0.05, 0.1) is 5.56 Å². The molecule has 3 aromatic rings. The van der Waals surface area contributed by atoms with E-state index in [0.717, 1.165) is 0 Å². The van der Waals surface area contributed by atoms with Gasteiger partial charge < -0.3 is 9.47 Å². The first-order valence-corrected chi connectivity index (χ1v) is 9.99. The fourth-order valence-corrected chi connectivity index (χ4v) is 3.54. The van der Waals surface area contributed by atoms with E-state index in [1.54, 1.807) is 60.7 Å². The lowest BCUT2D eigenvalue weighted by Gasteiger charge is -2.07. The molecule has 1 aliphatic heterocycles. The maximum atomic E-state index is 12.6. The summed E-state index contributed by atoms with van der Waals surface area (Å²) in [6.45, 7) is -0.160. The second-order valence-corrected chi connectivity index (χ2v) is 7.70. The van der Waals surface area contributed by atoms with Crippen LogP contribution in [0.2, 0.25) is 15.1 Å². The molecule has 0 aromatic heterocycles. The lowest BCUT2D eigenvalue weighted by molar-refractivity contribution is 0.0921. The Labute approximate surface area is 187 Å². The van der Waals surface area contributed by atoms with Crippen LogP contribution in [-0.2, 0) is 0 Å². The minimum absolute atomic E-state index is 0.106. The molecule has 1 heterocycles. The van der Waals surface area contributed by atoms with Gasteiger partial charge in [-0.05, 0) is 54.6 Å². The zero-order valence-electron chi connectivity index (χ0n) is 15.3. The Morgan fingerprint density at radius 3 is 2.37 bits per heavy atom. The van der Waals surface area contributed by atoms with Crippen molar-refractivity contribution in [1.29, 1.82) is 0 Å². The first-order chi connectivity index (χ1) is 14.4. The summed E-state index contributed by atoms with van der Waals surface area (Å²) in [5, 5.41) is 1.37. The summed E-state index contributed by atoms with van der Waals surface area (Å²) in [6.07, 6.45) is 1.51. The number of hydrogen-bond donors (Lipinski definition) is 0. The van der Waals surface area contributed by atoms with E-state index in [-0.39, 0.29) is 23.9 Å². The van der Waals surface area contributed by atoms with Crippen molar-refractivity contribution in [2.24, 2.45) is 0 Å². The van der Waals surface area contributed by atoms with E-state index in [9.17, 15) is 9.59 Å². The van der Waals surface area contributed by atoms with Crippen molar-refractivity contribution in [2.75, 3.05) is 6.61 Å². The van der Waals surface area contributed by atoms with Crippen molar-refractivity contribution < 1.29 is 19.1 Å². The van der Waals surface area contributed by atoms with Crippen LogP contribution in [0.15, 0.2) is 66.4 Å². The van der Waals surface area contributed by atoms with E-state index in [1.807, 2.05) is 0 Å². The fraction of sp³-hybridized carbons (Fsp3) is 0.0435. The molecule has 30 heavy (non-hydrogen) atoms. The molecule has 0 radical (unpaired) electrons. The standard InChI is InChI=1S/C23H13Cl3O4/c24-14-6-4-13(5-7-14)20(27)12-29-15-8-9-16-21(10-15)30-22(23(16)28)11-17-18(25)2-1-3-19(17)26/h1-11H,12H2/b22-11-. The topological polar surface area (TPSA) is 52.6 Å². The maximum Gasteiger partial charge on any atom is 0.231 e. The first-order valence-electron chi connectivity index (χ1n) is 8.86. The molecule has 0 spiro atoms. The summed E-state index contributed by atoms with van der Waals surface area (Å²) >= 11 is 18.2. The molecule has 3 aromatic carbocycles. The quantitative estimate of drug-likeness (QED) is 0.322. The third kappa shape index (κ3) is 4.21. The van der Waals surface area contributed by atoms with E-state index in [2.05, 4.69) is 0 Å². The number of ketones is 2. The van der Waals surface area contributed by atoms with Gasteiger partial charge in [-0.2, -0.15) is 0 Å². The van der Waals surface area contributed by atoms with E-state index in [0.29, 0.717) is 43.3 Å². The summed E-state index contributed by atoms with van der Waals surface area (Å²) in [6, 6.07) is 16.4. The summed E-state index contributed by atoms with van der Waals surface area (Å²) < 4.78 is 11.3. The number of Topliss-reactive ketones (excluding diaryl/α,β-unsaturated/α-hetero) is 2. The van der Waals surface area contributed by atoms with Crippen molar-refractivity contribution in [3.05, 3.63) is 98.2 Å². The monoisotopic (exact) mass is 458 g/mol. The van der Waals surface area contributed by atoms with Crippen LogP contribution in [0.25, 0.3) is 6.08 Å². The Kier molecular flexibility index (Phi) is 5.82. The second kappa shape index (κ2) is 8.52. The summed E-state index contributed by atoms with van der Waals surface area (Å²) in [5.74, 6) is 0.365. The zero-order chi connectivity index (χ0) is 21.3. The SMILES string of the molecule is O=C(COc1ccc2c(c1)O/C(=C\c1c(Cl)cccc1Cl)C2=O)c1ccc(Cl)cc1. The van der Waals surface area contributed by atoms with E-state index >= 15 is 0 Å². The molecule has 0 unspecified atom stereocenters. The lowest BCUT2D eigenvalue weighted by atomic mass is 10.1. The predicted octanol–water partition coefficient (Wildman–Crippen LogP) is 6.52. The minimum Gasteiger partial charge on any atom is -0.485 e. The molecule has 150 valence electrons. The molecule has 0 N–H and O–H groups in total. The largest absolute Gasteiger partial charge is 0.485 e. The number of allylic oxidation sites excluding steroid dienone is 1. The number of hydrogen-bond acceptors (Lipinski definition) is 4. The molecule has 1 aliphatic rings. The highest BCUT2D eigenvalue weighted by molar-refractivity contribution is 6.37. The Balaban J connectivity index is 1.50. The van der Waals surface area contributed by atoms with Crippen molar-refractivity contribution in [3.63, 3.8) is 0 Å². The number of fused-ring (bicyclic) bond motifs is 1. The first kappa shape index (κ1) is 20.5. The van der Waals surface area contributed by atoms with Gasteiger partial charge in [0.2, 0.25) is 5.78 Å². The van der Waals surface area contributed by atoms with Crippen LogP contribution in [0.1, 0.15) is 26.3 Å². The van der Waals surface area contributed by atoms with Crippen LogP contribution < -0.4 is 9.47 Å². The predicted molar refractivity (Wildman–Crippen MR) is 117 cm³/mol. The molecule has 0 amide bonds. The van der Waals surface area contributed by atoms with Crippen LogP contribution in [0.5, 0.6) is 11.5 Å². The van der Waals surface area contributed by atoms with E-state index in [4.69, 9.17) is 44.3 Å². The number of benzene rings is 3. The summed E-state index contributed by atoms with van der Waals surface area (Å²) in [4.78, 5) is 24.9. The number of rotatable bonds is 5. The average Bonchev–Trinajstić information content (AvgIpc) is 3.04. The normalized spacial score (nSPS) is 13.8. The maximum absolute atomic E-state index is 12.6. The summed E-state index contributed by atoms with van der Waals surface area (Å²) in [7, 11) is 0. The van der Waals surface area contributed by atoms with Crippen LogP contribution in [0, 0.1) is 0 Å². The Morgan fingerprint density at radius 2 is 1.67 bits per heavy atom. The Bertz CT molecular complexity index is 1160. The van der Waals surface area contributed by atoms with Gasteiger partial charge in [0, 0.05) is 32.3 Å². The molecule has 0 atom stereocenters. The van der Waals surface area contributed by atoms with Crippen molar-refractivity contribution >= 4 is 52.4 Å². The fourth-order valence-electron chi connectivity index (χ4n) is 2.90. The van der Waals surface area contributed by atoms with Gasteiger partial charge in [-0.15, -0.1) is 0 Å². The second-order valence-electron chi connectivity index (χ2n) is 6.45. The van der Waals surface area contributed by atoms with Crippen LogP contribution in [0.4, 0.5) is 0 Å². The molecule has 0 fully saturated rings. The smallest absolute Gasteiger partial charge is 0.231 e. The Morgan fingerprint density at radius 1 is 0.967 bits per heavy atom. The van der Waals surface area contributed by atoms with Gasteiger partial charge in [-0.1, -0.05) is 40.9 Å². The molecule has 0 bridgehead atoms. The lowest BCUT2D eigenvalue weighted by Crippen LogP contribution is -2.11. The third-order valence-corrected chi connectivity index (χ3v) is 5.36. The molecule has 0 saturated heterocycles. The van der Waals surface area contributed by atoms with E-state index < -0.39 is 0 Å². The highest BCUT2D eigenvalue weighted by atomic mass is 35.5. The van der Waals surface area contributed by atoms with Gasteiger partial charge in [0.25, 0.3) is 0 Å². The van der Waals surface area contributed by atoms with E-state index in [1.165, 1.54) is 6.08 Å². The van der Waals surface area contributed by atoms with Crippen molar-refractivity contribution in [1.82, 2.24) is 0 Å². The van der Waals surface area contributed by atoms with Crippen LogP contribution in [0.3, 0.4) is 0 Å². The van der Waals surface area contributed by atoms with Crippen LogP contribution in [-0.4, -0.2) is 18.2 Å². The third-order valence-electron chi connectivity index (χ3n) is 4.45. The molecule has 0 aliphatic carbocycles. The Hall–Kier alpha value is -2.79. The van der Waals surface area contributed by atoms with Gasteiger partial charge >= 0.3 is 0 Å². The summed E-state index contributed by atoms with van der Waals surface area (Å²) in [5.41, 5.74) is 1.39. The highest BCUT2D eigenvalue weighted by Gasteiger charge is 2.28. The number of carbonyl (C=O) groups is 2. The zero-order valence-corrected chi connectivity index (χ0v) is 17.6. The van der Waals surface area contributed by atoms with Gasteiger partial charge in [0.1, 0.15) is 11.5 Å². The van der Waals surface area contributed by atoms with Crippen molar-refractivity contribution in [2.45, 2.75) is 0 Å². The number of carbonyl (C=O) groups excluding carboxylic acids is 2. The minimum atomic E-state index is -0.287. The van der Waals surface area contributed by atoms with Gasteiger partial charge in [-0.25, -0.2) is 0 Å². The molecule has 4 nitrogen and oxygen atoms in total. The van der Waals surface area contributed by atoms with Crippen molar-refractivity contribution in [3.8, 4) is 11.5 Å². The van der Waals surface area contributed by atoms with Crippen LogP contribution >= 0.6 is 34.8 Å². The van der Waals surface area contributed by atoms with Gasteiger partial charge in [-0.3, -0.25) is 9.59 Å². The molecule has 0 saturated carbocycles. The molecular weight excluding hydrogens is 447 g/mol. The highest BCUT2D eigenvalue weighted by Crippen LogP contribution is 2.36. The number of halogens is 3. The number of ether oxygens (including phenoxy) is 2. The average molecular weight is 460 g/mol. The van der Waals surface area contributed by atoms with Gasteiger partial charge in [0.15, 0.2) is 18.1 Å².